The Kier molecular flexibility index (Phi) is 4.01. The van der Waals surface area contributed by atoms with Crippen LogP contribution in [0.5, 0.6) is 0 Å². The number of amides is 2. The van der Waals surface area contributed by atoms with Crippen molar-refractivity contribution in [1.29, 1.82) is 0 Å². The number of carbonyl (C=O) groups is 1. The molecule has 5 rings (SSSR count). The van der Waals surface area contributed by atoms with Gasteiger partial charge in [-0.05, 0) is 13.0 Å². The van der Waals surface area contributed by atoms with Gasteiger partial charge in [-0.2, -0.15) is 0 Å². The summed E-state index contributed by atoms with van der Waals surface area (Å²) < 4.78 is 7.67. The maximum atomic E-state index is 12.7. The highest BCUT2D eigenvalue weighted by molar-refractivity contribution is 5.89. The molecule has 146 valence electrons. The molecule has 1 N–H and O–H groups in total. The first-order valence-electron chi connectivity index (χ1n) is 9.33. The highest BCUT2D eigenvalue weighted by atomic mass is 16.4. The Bertz CT molecular complexity index is 1230. The standard InChI is InChI=1S/C20H19N7O2/c1-12-10-26-5-6-27(11-18(26)23-12)20(28)25-19-22-8-15-4-3-14(7-16(15)24-19)17-9-21-13(2)29-17/h3-4,7-10H,5-6,11H2,1-2H3,(H,22,24,25,28). The molecular weight excluding hydrogens is 370 g/mol. The molecule has 0 saturated carbocycles. The zero-order valence-corrected chi connectivity index (χ0v) is 16.1. The number of fused-ring (bicyclic) bond motifs is 2. The minimum absolute atomic E-state index is 0.238. The summed E-state index contributed by atoms with van der Waals surface area (Å²) in [6.07, 6.45) is 5.38. The SMILES string of the molecule is Cc1cn2c(n1)CN(C(=O)Nc1ncc3ccc(-c4cnc(C)o4)cc3n1)CC2. The van der Waals surface area contributed by atoms with Crippen molar-refractivity contribution in [3.8, 4) is 11.3 Å². The number of hydrogen-bond acceptors (Lipinski definition) is 6. The van der Waals surface area contributed by atoms with E-state index < -0.39 is 0 Å². The number of benzene rings is 1. The summed E-state index contributed by atoms with van der Waals surface area (Å²) in [6.45, 7) is 5.54. The molecule has 29 heavy (non-hydrogen) atoms. The van der Waals surface area contributed by atoms with Gasteiger partial charge < -0.3 is 13.9 Å². The summed E-state index contributed by atoms with van der Waals surface area (Å²) in [5, 5.41) is 3.67. The Morgan fingerprint density at radius 2 is 2.03 bits per heavy atom. The van der Waals surface area contributed by atoms with Crippen LogP contribution in [0, 0.1) is 13.8 Å². The molecule has 4 heterocycles. The maximum absolute atomic E-state index is 12.7. The van der Waals surface area contributed by atoms with Crippen molar-refractivity contribution >= 4 is 22.9 Å². The number of imidazole rings is 1. The molecule has 0 saturated heterocycles. The van der Waals surface area contributed by atoms with Crippen LogP contribution in [-0.4, -0.2) is 42.0 Å². The lowest BCUT2D eigenvalue weighted by Gasteiger charge is -2.27. The third-order valence-corrected chi connectivity index (χ3v) is 4.92. The lowest BCUT2D eigenvalue weighted by molar-refractivity contribution is 0.195. The number of rotatable bonds is 2. The number of aromatic nitrogens is 5. The molecule has 1 aliphatic heterocycles. The third-order valence-electron chi connectivity index (χ3n) is 4.92. The Balaban J connectivity index is 1.36. The first-order chi connectivity index (χ1) is 14.0. The minimum Gasteiger partial charge on any atom is -0.441 e. The molecule has 0 bridgehead atoms. The second kappa shape index (κ2) is 6.69. The van der Waals surface area contributed by atoms with E-state index in [4.69, 9.17) is 4.42 Å². The summed E-state index contributed by atoms with van der Waals surface area (Å²) in [7, 11) is 0. The second-order valence-electron chi connectivity index (χ2n) is 7.05. The largest absolute Gasteiger partial charge is 0.441 e. The average molecular weight is 389 g/mol. The smallest absolute Gasteiger partial charge is 0.324 e. The number of hydrogen-bond donors (Lipinski definition) is 1. The molecule has 0 atom stereocenters. The number of carbonyl (C=O) groups excluding carboxylic acids is 1. The van der Waals surface area contributed by atoms with Crippen LogP contribution >= 0.6 is 0 Å². The van der Waals surface area contributed by atoms with Crippen LogP contribution in [-0.2, 0) is 13.1 Å². The molecule has 4 aromatic rings. The first-order valence-corrected chi connectivity index (χ1v) is 9.33. The topological polar surface area (TPSA) is 102 Å². The van der Waals surface area contributed by atoms with Gasteiger partial charge in [0.2, 0.25) is 5.95 Å². The lowest BCUT2D eigenvalue weighted by atomic mass is 10.1. The number of oxazole rings is 1. The number of nitrogens with zero attached hydrogens (tertiary/aromatic N) is 6. The Hall–Kier alpha value is -3.75. The fraction of sp³-hybridized carbons (Fsp3) is 0.250. The van der Waals surface area contributed by atoms with Gasteiger partial charge in [0.15, 0.2) is 11.7 Å². The molecule has 9 nitrogen and oxygen atoms in total. The molecule has 0 aliphatic carbocycles. The molecule has 1 aromatic carbocycles. The average Bonchev–Trinajstić information content (AvgIpc) is 3.31. The molecule has 9 heteroatoms. The highest BCUT2D eigenvalue weighted by Gasteiger charge is 2.22. The zero-order chi connectivity index (χ0) is 20.0. The van der Waals surface area contributed by atoms with E-state index in [1.165, 1.54) is 0 Å². The molecule has 0 spiro atoms. The van der Waals surface area contributed by atoms with Gasteiger partial charge in [-0.25, -0.2) is 24.7 Å². The molecule has 0 fully saturated rings. The van der Waals surface area contributed by atoms with E-state index in [-0.39, 0.29) is 12.0 Å². The van der Waals surface area contributed by atoms with Crippen LogP contribution in [0.3, 0.4) is 0 Å². The monoisotopic (exact) mass is 389 g/mol. The van der Waals surface area contributed by atoms with Crippen molar-refractivity contribution in [3.63, 3.8) is 0 Å². The molecule has 2 amide bonds. The van der Waals surface area contributed by atoms with E-state index >= 15 is 0 Å². The van der Waals surface area contributed by atoms with Crippen LogP contribution in [0.15, 0.2) is 41.2 Å². The van der Waals surface area contributed by atoms with Gasteiger partial charge in [0.05, 0.1) is 24.0 Å². The Labute approximate surface area is 166 Å². The van der Waals surface area contributed by atoms with Gasteiger partial charge in [0, 0.05) is 43.4 Å². The van der Waals surface area contributed by atoms with Gasteiger partial charge in [0.1, 0.15) is 5.82 Å². The zero-order valence-electron chi connectivity index (χ0n) is 16.1. The first kappa shape index (κ1) is 17.4. The van der Waals surface area contributed by atoms with E-state index in [1.807, 2.05) is 31.3 Å². The van der Waals surface area contributed by atoms with Crippen molar-refractivity contribution < 1.29 is 9.21 Å². The van der Waals surface area contributed by atoms with E-state index in [2.05, 4.69) is 29.8 Å². The minimum atomic E-state index is -0.238. The van der Waals surface area contributed by atoms with Crippen LogP contribution in [0.4, 0.5) is 10.7 Å². The van der Waals surface area contributed by atoms with Crippen LogP contribution in [0.1, 0.15) is 17.4 Å². The van der Waals surface area contributed by atoms with E-state index in [0.29, 0.717) is 30.3 Å². The highest BCUT2D eigenvalue weighted by Crippen LogP contribution is 2.24. The molecule has 0 radical (unpaired) electrons. The van der Waals surface area contributed by atoms with Gasteiger partial charge in [0.25, 0.3) is 0 Å². The van der Waals surface area contributed by atoms with Crippen molar-refractivity contribution in [2.45, 2.75) is 26.9 Å². The van der Waals surface area contributed by atoms with Gasteiger partial charge in [-0.1, -0.05) is 12.1 Å². The number of nitrogens with one attached hydrogen (secondary N) is 1. The summed E-state index contributed by atoms with van der Waals surface area (Å²) in [5.41, 5.74) is 2.54. The van der Waals surface area contributed by atoms with Crippen molar-refractivity contribution in [2.75, 3.05) is 11.9 Å². The fourth-order valence-corrected chi connectivity index (χ4v) is 3.47. The van der Waals surface area contributed by atoms with Crippen molar-refractivity contribution in [1.82, 2.24) is 29.4 Å². The van der Waals surface area contributed by atoms with Crippen LogP contribution in [0.2, 0.25) is 0 Å². The second-order valence-corrected chi connectivity index (χ2v) is 7.05. The van der Waals surface area contributed by atoms with Gasteiger partial charge >= 0.3 is 6.03 Å². The number of anilines is 1. The summed E-state index contributed by atoms with van der Waals surface area (Å²) in [6, 6.07) is 5.51. The lowest BCUT2D eigenvalue weighted by Crippen LogP contribution is -2.41. The fourth-order valence-electron chi connectivity index (χ4n) is 3.47. The number of aryl methyl sites for hydroxylation is 2. The van der Waals surface area contributed by atoms with Crippen molar-refractivity contribution in [3.05, 3.63) is 54.2 Å². The Morgan fingerprint density at radius 1 is 1.14 bits per heavy atom. The van der Waals surface area contributed by atoms with Gasteiger partial charge in [-0.3, -0.25) is 5.32 Å². The summed E-state index contributed by atoms with van der Waals surface area (Å²) in [5.74, 6) is 2.43. The Morgan fingerprint density at radius 3 is 2.86 bits per heavy atom. The van der Waals surface area contributed by atoms with Gasteiger partial charge in [-0.15, -0.1) is 0 Å². The summed E-state index contributed by atoms with van der Waals surface area (Å²) in [4.78, 5) is 31.8. The molecular formula is C20H19N7O2. The van der Waals surface area contributed by atoms with E-state index in [9.17, 15) is 4.79 Å². The normalized spacial score (nSPS) is 13.5. The predicted octanol–water partition coefficient (Wildman–Crippen LogP) is 3.15. The van der Waals surface area contributed by atoms with Crippen molar-refractivity contribution in [2.24, 2.45) is 0 Å². The number of urea groups is 1. The van der Waals surface area contributed by atoms with Crippen LogP contribution < -0.4 is 5.32 Å². The summed E-state index contributed by atoms with van der Waals surface area (Å²) >= 11 is 0. The van der Waals surface area contributed by atoms with E-state index in [0.717, 1.165) is 29.0 Å². The molecule has 3 aromatic heterocycles. The molecule has 0 unspecified atom stereocenters. The van der Waals surface area contributed by atoms with Crippen LogP contribution in [0.25, 0.3) is 22.2 Å². The quantitative estimate of drug-likeness (QED) is 0.565. The van der Waals surface area contributed by atoms with E-state index in [1.54, 1.807) is 24.2 Å². The molecule has 1 aliphatic rings. The predicted molar refractivity (Wildman–Crippen MR) is 106 cm³/mol. The maximum Gasteiger partial charge on any atom is 0.324 e. The third kappa shape index (κ3) is 3.31.